The minimum Gasteiger partial charge on any atom is -0.505 e. The monoisotopic (exact) mass is 415 g/mol. The van der Waals surface area contributed by atoms with Crippen LogP contribution in [0.25, 0.3) is 0 Å². The van der Waals surface area contributed by atoms with Gasteiger partial charge in [0.1, 0.15) is 22.9 Å². The lowest BCUT2D eigenvalue weighted by atomic mass is 9.96. The fourth-order valence-electron chi connectivity index (χ4n) is 3.58. The van der Waals surface area contributed by atoms with E-state index in [0.717, 1.165) is 50.5 Å². The van der Waals surface area contributed by atoms with Crippen LogP contribution in [0.5, 0.6) is 11.5 Å². The predicted molar refractivity (Wildman–Crippen MR) is 121 cm³/mol. The molecule has 2 atom stereocenters. The summed E-state index contributed by atoms with van der Waals surface area (Å²) in [7, 11) is 0. The highest BCUT2D eigenvalue weighted by Crippen LogP contribution is 2.39. The standard InChI is InChI=1S/C23H37N5O2/c1-4-16(3)19(24)13-9-12-17(5-2)25-27-20-14-21(23(30)15-22(20)29)28-26-18-10-7-6-8-11-18/h14-15,17-19,29-30H,3-13,24H2,1-2H3. The van der Waals surface area contributed by atoms with Crippen LogP contribution in [0.3, 0.4) is 0 Å². The molecule has 0 saturated heterocycles. The van der Waals surface area contributed by atoms with E-state index in [9.17, 15) is 10.2 Å². The van der Waals surface area contributed by atoms with E-state index in [-0.39, 0.29) is 29.6 Å². The van der Waals surface area contributed by atoms with E-state index in [2.05, 4.69) is 40.9 Å². The van der Waals surface area contributed by atoms with Crippen molar-refractivity contribution in [3.63, 3.8) is 0 Å². The third-order valence-corrected chi connectivity index (χ3v) is 5.81. The number of phenolic OH excluding ortho intramolecular Hbond substituents is 2. The number of azo groups is 2. The van der Waals surface area contributed by atoms with Crippen LogP contribution in [0.4, 0.5) is 11.4 Å². The summed E-state index contributed by atoms with van der Waals surface area (Å²) in [6, 6.07) is 3.07. The molecular formula is C23H37N5O2. The summed E-state index contributed by atoms with van der Waals surface area (Å²) >= 11 is 0. The van der Waals surface area contributed by atoms with E-state index >= 15 is 0 Å². The van der Waals surface area contributed by atoms with Gasteiger partial charge in [0.15, 0.2) is 0 Å². The molecule has 1 aromatic carbocycles. The minimum atomic E-state index is -0.121. The van der Waals surface area contributed by atoms with Crippen molar-refractivity contribution in [2.24, 2.45) is 26.2 Å². The normalized spacial score (nSPS) is 17.6. The van der Waals surface area contributed by atoms with Crippen LogP contribution in [-0.2, 0) is 0 Å². The average molecular weight is 416 g/mol. The molecule has 1 aliphatic rings. The SMILES string of the molecule is C=C(CC)C(N)CCCC(CC)N=Nc1cc(N=NC2CCCCC2)c(O)cc1O. The number of nitrogens with zero attached hydrogens (tertiary/aromatic N) is 4. The van der Waals surface area contributed by atoms with Crippen molar-refractivity contribution in [2.45, 2.75) is 96.2 Å². The van der Waals surface area contributed by atoms with Gasteiger partial charge in [0, 0.05) is 18.2 Å². The highest BCUT2D eigenvalue weighted by Gasteiger charge is 2.14. The van der Waals surface area contributed by atoms with Crippen LogP contribution >= 0.6 is 0 Å². The molecule has 7 nitrogen and oxygen atoms in total. The second-order valence-corrected chi connectivity index (χ2v) is 8.16. The zero-order valence-corrected chi connectivity index (χ0v) is 18.4. The van der Waals surface area contributed by atoms with Crippen LogP contribution in [-0.4, -0.2) is 28.3 Å². The fourth-order valence-corrected chi connectivity index (χ4v) is 3.58. The Balaban J connectivity index is 2.00. The van der Waals surface area contributed by atoms with E-state index in [0.29, 0.717) is 11.4 Å². The molecule has 0 aromatic heterocycles. The van der Waals surface area contributed by atoms with Crippen LogP contribution in [0, 0.1) is 0 Å². The molecule has 30 heavy (non-hydrogen) atoms. The van der Waals surface area contributed by atoms with Crippen molar-refractivity contribution in [1.29, 1.82) is 0 Å². The van der Waals surface area contributed by atoms with Gasteiger partial charge in [0.05, 0.1) is 12.1 Å². The van der Waals surface area contributed by atoms with Crippen LogP contribution in [0.15, 0.2) is 44.7 Å². The number of benzene rings is 1. The van der Waals surface area contributed by atoms with E-state index < -0.39 is 0 Å². The van der Waals surface area contributed by atoms with Gasteiger partial charge in [0.2, 0.25) is 0 Å². The van der Waals surface area contributed by atoms with E-state index in [1.165, 1.54) is 31.4 Å². The third kappa shape index (κ3) is 7.52. The van der Waals surface area contributed by atoms with Gasteiger partial charge in [-0.25, -0.2) is 0 Å². The second kappa shape index (κ2) is 12.4. The zero-order chi connectivity index (χ0) is 21.9. The first-order valence-electron chi connectivity index (χ1n) is 11.3. The number of aromatic hydroxyl groups is 2. The van der Waals surface area contributed by atoms with Gasteiger partial charge in [0.25, 0.3) is 0 Å². The Morgan fingerprint density at radius 2 is 1.73 bits per heavy atom. The van der Waals surface area contributed by atoms with Crippen molar-refractivity contribution < 1.29 is 10.2 Å². The molecule has 7 heteroatoms. The van der Waals surface area contributed by atoms with Gasteiger partial charge in [-0.05, 0) is 44.9 Å². The Morgan fingerprint density at radius 3 is 2.37 bits per heavy atom. The molecule has 0 spiro atoms. The molecule has 1 aliphatic carbocycles. The summed E-state index contributed by atoms with van der Waals surface area (Å²) in [5.41, 5.74) is 7.80. The van der Waals surface area contributed by atoms with Crippen molar-refractivity contribution >= 4 is 11.4 Å². The first-order valence-corrected chi connectivity index (χ1v) is 11.3. The van der Waals surface area contributed by atoms with E-state index in [1.54, 1.807) is 0 Å². The first kappa shape index (κ1) is 24.0. The largest absolute Gasteiger partial charge is 0.505 e. The van der Waals surface area contributed by atoms with Gasteiger partial charge in [-0.2, -0.15) is 20.5 Å². The Bertz CT molecular complexity index is 741. The van der Waals surface area contributed by atoms with Gasteiger partial charge in [-0.15, -0.1) is 0 Å². The molecule has 0 bridgehead atoms. The highest BCUT2D eigenvalue weighted by atomic mass is 16.3. The van der Waals surface area contributed by atoms with Gasteiger partial charge >= 0.3 is 0 Å². The Kier molecular flexibility index (Phi) is 9.94. The molecular weight excluding hydrogens is 378 g/mol. The summed E-state index contributed by atoms with van der Waals surface area (Å²) in [4.78, 5) is 0. The maximum absolute atomic E-state index is 10.1. The molecule has 0 aliphatic heterocycles. The lowest BCUT2D eigenvalue weighted by Gasteiger charge is -2.16. The number of hydrogen-bond donors (Lipinski definition) is 3. The van der Waals surface area contributed by atoms with Crippen molar-refractivity contribution in [3.8, 4) is 11.5 Å². The molecule has 0 radical (unpaired) electrons. The third-order valence-electron chi connectivity index (χ3n) is 5.81. The number of nitrogens with two attached hydrogens (primary N) is 1. The molecule has 1 aromatic rings. The summed E-state index contributed by atoms with van der Waals surface area (Å²) in [5, 5.41) is 37.5. The molecule has 1 fully saturated rings. The maximum atomic E-state index is 10.1. The summed E-state index contributed by atoms with van der Waals surface area (Å²) in [6.45, 7) is 8.14. The summed E-state index contributed by atoms with van der Waals surface area (Å²) in [5.74, 6) is -0.229. The maximum Gasteiger partial charge on any atom is 0.146 e. The van der Waals surface area contributed by atoms with Crippen LogP contribution in [0.2, 0.25) is 0 Å². The Labute approximate surface area is 180 Å². The van der Waals surface area contributed by atoms with Gasteiger partial charge in [-0.3, -0.25) is 0 Å². The van der Waals surface area contributed by atoms with Crippen molar-refractivity contribution in [3.05, 3.63) is 24.3 Å². The fraction of sp³-hybridized carbons (Fsp3) is 0.652. The second-order valence-electron chi connectivity index (χ2n) is 8.16. The smallest absolute Gasteiger partial charge is 0.146 e. The molecule has 2 unspecified atom stereocenters. The lowest BCUT2D eigenvalue weighted by Crippen LogP contribution is -2.22. The summed E-state index contributed by atoms with van der Waals surface area (Å²) < 4.78 is 0. The first-order chi connectivity index (χ1) is 14.4. The minimum absolute atomic E-state index is 0.0303. The molecule has 1 saturated carbocycles. The zero-order valence-electron chi connectivity index (χ0n) is 18.4. The number of rotatable bonds is 11. The van der Waals surface area contributed by atoms with Gasteiger partial charge < -0.3 is 15.9 Å². The quantitative estimate of drug-likeness (QED) is 0.271. The predicted octanol–water partition coefficient (Wildman–Crippen LogP) is 6.84. The van der Waals surface area contributed by atoms with Crippen molar-refractivity contribution in [2.75, 3.05) is 0 Å². The Hall–Kier alpha value is -2.28. The lowest BCUT2D eigenvalue weighted by molar-refractivity contribution is 0.430. The van der Waals surface area contributed by atoms with E-state index in [1.807, 2.05) is 0 Å². The topological polar surface area (TPSA) is 116 Å². The van der Waals surface area contributed by atoms with Gasteiger partial charge in [-0.1, -0.05) is 45.3 Å². The molecule has 0 amide bonds. The Morgan fingerprint density at radius 1 is 1.07 bits per heavy atom. The average Bonchev–Trinajstić information content (AvgIpc) is 2.76. The number of phenols is 2. The molecule has 166 valence electrons. The summed E-state index contributed by atoms with van der Waals surface area (Å²) in [6.07, 6.45) is 10.1. The van der Waals surface area contributed by atoms with Crippen LogP contribution < -0.4 is 5.73 Å². The highest BCUT2D eigenvalue weighted by molar-refractivity contribution is 5.65. The van der Waals surface area contributed by atoms with E-state index in [4.69, 9.17) is 5.73 Å². The molecule has 2 rings (SSSR count). The molecule has 0 heterocycles. The van der Waals surface area contributed by atoms with Crippen molar-refractivity contribution in [1.82, 2.24) is 0 Å². The number of hydrogen-bond acceptors (Lipinski definition) is 7. The molecule has 4 N–H and O–H groups in total. The van der Waals surface area contributed by atoms with Crippen LogP contribution in [0.1, 0.15) is 78.1 Å².